The van der Waals surface area contributed by atoms with Crippen LogP contribution in [0.4, 0.5) is 11.4 Å². The Kier molecular flexibility index (Phi) is 8.69. The molecular formula is C28H32N4O6S2. The van der Waals surface area contributed by atoms with Gasteiger partial charge >= 0.3 is 11.8 Å². The van der Waals surface area contributed by atoms with Crippen LogP contribution in [0.25, 0.3) is 0 Å². The SMILES string of the molecule is COc1cccc(C(CNC(=O)C(=O)Nc2ccc3c(c2)N(S(=O)(=O)c2cccs2)CCC3)N2CCOCC2)c1. The van der Waals surface area contributed by atoms with Crippen molar-refractivity contribution in [3.63, 3.8) is 0 Å². The van der Waals surface area contributed by atoms with Gasteiger partial charge in [0.05, 0.1) is 32.1 Å². The summed E-state index contributed by atoms with van der Waals surface area (Å²) in [5.41, 5.74) is 2.71. The lowest BCUT2D eigenvalue weighted by molar-refractivity contribution is -0.136. The van der Waals surface area contributed by atoms with Gasteiger partial charge in [-0.3, -0.25) is 18.8 Å². The van der Waals surface area contributed by atoms with Gasteiger partial charge in [0.15, 0.2) is 0 Å². The maximum Gasteiger partial charge on any atom is 0.313 e. The van der Waals surface area contributed by atoms with Gasteiger partial charge < -0.3 is 20.1 Å². The number of rotatable bonds is 8. The Bertz CT molecular complexity index is 1460. The molecule has 1 fully saturated rings. The van der Waals surface area contributed by atoms with Crippen LogP contribution < -0.4 is 19.7 Å². The van der Waals surface area contributed by atoms with Crippen LogP contribution in [0.2, 0.25) is 0 Å². The van der Waals surface area contributed by atoms with Crippen LogP contribution in [0, 0.1) is 0 Å². The number of benzene rings is 2. The van der Waals surface area contributed by atoms with E-state index in [-0.39, 0.29) is 16.8 Å². The Morgan fingerprint density at radius 2 is 1.88 bits per heavy atom. The van der Waals surface area contributed by atoms with E-state index in [2.05, 4.69) is 15.5 Å². The summed E-state index contributed by atoms with van der Waals surface area (Å²) in [5, 5.41) is 7.13. The van der Waals surface area contributed by atoms with Crippen LogP contribution >= 0.6 is 11.3 Å². The highest BCUT2D eigenvalue weighted by atomic mass is 32.2. The fourth-order valence-electron chi connectivity index (χ4n) is 5.04. The molecule has 5 rings (SSSR count). The van der Waals surface area contributed by atoms with Crippen LogP contribution in [0.5, 0.6) is 5.75 Å². The number of carbonyl (C=O) groups is 2. The largest absolute Gasteiger partial charge is 0.497 e. The minimum atomic E-state index is -3.72. The monoisotopic (exact) mass is 584 g/mol. The quantitative estimate of drug-likeness (QED) is 0.391. The molecule has 212 valence electrons. The Balaban J connectivity index is 1.28. The maximum atomic E-state index is 13.3. The number of aryl methyl sites for hydroxylation is 1. The predicted molar refractivity (Wildman–Crippen MR) is 153 cm³/mol. The van der Waals surface area contributed by atoms with Gasteiger partial charge in [-0.25, -0.2) is 8.42 Å². The number of nitrogens with one attached hydrogen (secondary N) is 2. The van der Waals surface area contributed by atoms with Crippen molar-refractivity contribution >= 4 is 44.5 Å². The van der Waals surface area contributed by atoms with Crippen molar-refractivity contribution < 1.29 is 27.5 Å². The molecule has 1 unspecified atom stereocenters. The zero-order valence-electron chi connectivity index (χ0n) is 22.2. The summed E-state index contributed by atoms with van der Waals surface area (Å²) in [6.45, 7) is 3.14. The third-order valence-corrected chi connectivity index (χ3v) is 10.3. The van der Waals surface area contributed by atoms with Gasteiger partial charge in [0.25, 0.3) is 10.0 Å². The van der Waals surface area contributed by atoms with Crippen molar-refractivity contribution in [1.29, 1.82) is 0 Å². The van der Waals surface area contributed by atoms with Gasteiger partial charge in [0.2, 0.25) is 0 Å². The number of fused-ring (bicyclic) bond motifs is 1. The molecule has 2 aliphatic heterocycles. The van der Waals surface area contributed by atoms with E-state index < -0.39 is 21.8 Å². The number of anilines is 2. The molecule has 3 aromatic rings. The van der Waals surface area contributed by atoms with E-state index in [4.69, 9.17) is 9.47 Å². The first-order valence-electron chi connectivity index (χ1n) is 13.1. The molecule has 1 aromatic heterocycles. The van der Waals surface area contributed by atoms with Crippen LogP contribution in [-0.2, 0) is 30.8 Å². The smallest absolute Gasteiger partial charge is 0.313 e. The van der Waals surface area contributed by atoms with Crippen molar-refractivity contribution in [3.8, 4) is 5.75 Å². The first kappa shape index (κ1) is 28.1. The second kappa shape index (κ2) is 12.4. The number of thiophene rings is 1. The number of sulfonamides is 1. The molecule has 2 N–H and O–H groups in total. The van der Waals surface area contributed by atoms with Gasteiger partial charge in [-0.1, -0.05) is 24.3 Å². The molecular weight excluding hydrogens is 552 g/mol. The molecule has 10 nitrogen and oxygen atoms in total. The molecule has 40 heavy (non-hydrogen) atoms. The number of ether oxygens (including phenoxy) is 2. The van der Waals surface area contributed by atoms with E-state index in [0.717, 1.165) is 17.5 Å². The summed E-state index contributed by atoms with van der Waals surface area (Å²) in [6, 6.07) is 15.9. The highest BCUT2D eigenvalue weighted by Gasteiger charge is 2.30. The summed E-state index contributed by atoms with van der Waals surface area (Å²) < 4.78 is 39.0. The lowest BCUT2D eigenvalue weighted by Crippen LogP contribution is -2.45. The molecule has 3 heterocycles. The Labute approximate surface area is 237 Å². The van der Waals surface area contributed by atoms with Crippen LogP contribution in [-0.4, -0.2) is 71.6 Å². The topological polar surface area (TPSA) is 117 Å². The normalized spacial score (nSPS) is 16.6. The average molecular weight is 585 g/mol. The molecule has 1 saturated heterocycles. The molecule has 2 aromatic carbocycles. The second-order valence-corrected chi connectivity index (χ2v) is 12.6. The molecule has 12 heteroatoms. The summed E-state index contributed by atoms with van der Waals surface area (Å²) in [6.07, 6.45) is 1.43. The zero-order chi connectivity index (χ0) is 28.1. The Morgan fingerprint density at radius 3 is 2.62 bits per heavy atom. The summed E-state index contributed by atoms with van der Waals surface area (Å²) in [4.78, 5) is 27.9. The molecule has 2 amide bonds. The predicted octanol–water partition coefficient (Wildman–Crippen LogP) is 3.03. The van der Waals surface area contributed by atoms with Gasteiger partial charge in [0, 0.05) is 31.9 Å². The zero-order valence-corrected chi connectivity index (χ0v) is 23.8. The standard InChI is InChI=1S/C28H32N4O6S2/c1-37-23-7-2-5-21(17-23)25(31-12-14-38-15-13-31)19-29-27(33)28(34)30-22-10-9-20-6-3-11-32(24(20)18-22)40(35,36)26-8-4-16-39-26/h2,4-5,7-10,16-18,25H,3,6,11-15,19H2,1H3,(H,29,33)(H,30,34). The van der Waals surface area contributed by atoms with Crippen molar-refractivity contribution in [3.05, 3.63) is 71.1 Å². The van der Waals surface area contributed by atoms with Gasteiger partial charge in [-0.15, -0.1) is 11.3 Å². The first-order chi connectivity index (χ1) is 19.4. The van der Waals surface area contributed by atoms with E-state index in [1.54, 1.807) is 42.8 Å². The number of carbonyl (C=O) groups excluding carboxylic acids is 2. The minimum Gasteiger partial charge on any atom is -0.497 e. The van der Waals surface area contributed by atoms with E-state index in [1.165, 1.54) is 15.6 Å². The fraction of sp³-hybridized carbons (Fsp3) is 0.357. The lowest BCUT2D eigenvalue weighted by atomic mass is 10.0. The maximum absolute atomic E-state index is 13.3. The molecule has 0 radical (unpaired) electrons. The Hall–Kier alpha value is -3.45. The number of amides is 2. The second-order valence-electron chi connectivity index (χ2n) is 9.56. The van der Waals surface area contributed by atoms with Gasteiger partial charge in [0.1, 0.15) is 9.96 Å². The number of hydrogen-bond donors (Lipinski definition) is 2. The fourth-order valence-corrected chi connectivity index (χ4v) is 7.68. The third kappa shape index (κ3) is 6.15. The number of morpholine rings is 1. The third-order valence-electron chi connectivity index (χ3n) is 7.09. The van der Waals surface area contributed by atoms with Gasteiger partial charge in [-0.05, 0) is 59.7 Å². The van der Waals surface area contributed by atoms with E-state index in [1.807, 2.05) is 24.3 Å². The van der Waals surface area contributed by atoms with Crippen molar-refractivity contribution in [2.24, 2.45) is 0 Å². The van der Waals surface area contributed by atoms with E-state index in [9.17, 15) is 18.0 Å². The van der Waals surface area contributed by atoms with Crippen molar-refractivity contribution in [2.75, 3.05) is 56.1 Å². The Morgan fingerprint density at radius 1 is 1.05 bits per heavy atom. The summed E-state index contributed by atoms with van der Waals surface area (Å²) in [5.74, 6) is -0.890. The van der Waals surface area contributed by atoms with Crippen LogP contribution in [0.15, 0.2) is 64.2 Å². The van der Waals surface area contributed by atoms with Crippen molar-refractivity contribution in [1.82, 2.24) is 10.2 Å². The van der Waals surface area contributed by atoms with Crippen molar-refractivity contribution in [2.45, 2.75) is 23.1 Å². The molecule has 2 aliphatic rings. The number of methoxy groups -OCH3 is 1. The lowest BCUT2D eigenvalue weighted by Gasteiger charge is -2.35. The van der Waals surface area contributed by atoms with E-state index >= 15 is 0 Å². The summed E-state index contributed by atoms with van der Waals surface area (Å²) in [7, 11) is -2.11. The highest BCUT2D eigenvalue weighted by Crippen LogP contribution is 2.35. The van der Waals surface area contributed by atoms with E-state index in [0.29, 0.717) is 56.4 Å². The molecule has 1 atom stereocenters. The highest BCUT2D eigenvalue weighted by molar-refractivity contribution is 7.94. The average Bonchev–Trinajstić information content (AvgIpc) is 3.54. The molecule has 0 saturated carbocycles. The molecule has 0 spiro atoms. The summed E-state index contributed by atoms with van der Waals surface area (Å²) >= 11 is 1.17. The number of nitrogens with zero attached hydrogens (tertiary/aromatic N) is 2. The molecule has 0 bridgehead atoms. The first-order valence-corrected chi connectivity index (χ1v) is 15.4. The van der Waals surface area contributed by atoms with Crippen LogP contribution in [0.1, 0.15) is 23.6 Å². The number of hydrogen-bond acceptors (Lipinski definition) is 8. The molecule has 0 aliphatic carbocycles. The minimum absolute atomic E-state index is 0.171. The van der Waals surface area contributed by atoms with Gasteiger partial charge in [-0.2, -0.15) is 0 Å². The van der Waals surface area contributed by atoms with Crippen LogP contribution in [0.3, 0.4) is 0 Å².